The largest absolute Gasteiger partial charge is 0.487 e. The molecule has 2 rings (SSSR count). The lowest BCUT2D eigenvalue weighted by Gasteiger charge is -2.36. The molecule has 0 aliphatic carbocycles. The van der Waals surface area contributed by atoms with Crippen LogP contribution in [0, 0.1) is 5.82 Å². The molecule has 15 heavy (non-hydrogen) atoms. The number of rotatable bonds is 0. The van der Waals surface area contributed by atoms with E-state index in [1.807, 2.05) is 13.8 Å². The fourth-order valence-electron chi connectivity index (χ4n) is 1.90. The van der Waals surface area contributed by atoms with E-state index < -0.39 is 5.82 Å². The maximum Gasteiger partial charge on any atom is 0.145 e. The van der Waals surface area contributed by atoms with Gasteiger partial charge in [-0.3, -0.25) is 0 Å². The van der Waals surface area contributed by atoms with E-state index in [1.165, 1.54) is 6.07 Å². The summed E-state index contributed by atoms with van der Waals surface area (Å²) in [6.45, 7) is 3.87. The Morgan fingerprint density at radius 1 is 1.53 bits per heavy atom. The van der Waals surface area contributed by atoms with Crippen LogP contribution in [0.5, 0.6) is 5.75 Å². The van der Waals surface area contributed by atoms with Crippen molar-refractivity contribution < 1.29 is 9.13 Å². The number of hydrogen-bond donors (Lipinski definition) is 1. The van der Waals surface area contributed by atoms with Gasteiger partial charge in [0.15, 0.2) is 0 Å². The maximum atomic E-state index is 13.2. The Balaban J connectivity index is 2.51. The summed E-state index contributed by atoms with van der Waals surface area (Å²) in [6.07, 6.45) is 0.696. The van der Waals surface area contributed by atoms with Crippen LogP contribution >= 0.6 is 11.6 Å². The van der Waals surface area contributed by atoms with E-state index in [9.17, 15) is 4.39 Å². The van der Waals surface area contributed by atoms with E-state index in [0.29, 0.717) is 12.2 Å². The first-order valence-electron chi connectivity index (χ1n) is 4.82. The van der Waals surface area contributed by atoms with E-state index in [-0.39, 0.29) is 16.7 Å². The number of nitrogens with two attached hydrogens (primary N) is 1. The minimum Gasteiger partial charge on any atom is -0.487 e. The van der Waals surface area contributed by atoms with Gasteiger partial charge in [0, 0.05) is 24.1 Å². The molecule has 1 aliphatic heterocycles. The summed E-state index contributed by atoms with van der Waals surface area (Å²) in [5.74, 6) is 0.0287. The van der Waals surface area contributed by atoms with Crippen LogP contribution in [0.25, 0.3) is 0 Å². The number of hydrogen-bond acceptors (Lipinski definition) is 2. The summed E-state index contributed by atoms with van der Waals surface area (Å²) >= 11 is 5.70. The topological polar surface area (TPSA) is 35.2 Å². The molecule has 0 spiro atoms. The normalized spacial score (nSPS) is 23.1. The minimum atomic E-state index is -0.472. The molecule has 1 aromatic carbocycles. The van der Waals surface area contributed by atoms with Crippen LogP contribution in [0.3, 0.4) is 0 Å². The molecule has 0 saturated carbocycles. The van der Waals surface area contributed by atoms with E-state index in [4.69, 9.17) is 22.1 Å². The first-order valence-corrected chi connectivity index (χ1v) is 5.20. The van der Waals surface area contributed by atoms with Crippen LogP contribution in [0.4, 0.5) is 4.39 Å². The van der Waals surface area contributed by atoms with Gasteiger partial charge in [-0.15, -0.1) is 0 Å². The summed E-state index contributed by atoms with van der Waals surface area (Å²) in [5, 5.41) is 0.0903. The highest BCUT2D eigenvalue weighted by Crippen LogP contribution is 2.40. The molecule has 0 bridgehead atoms. The molecule has 0 fully saturated rings. The fraction of sp³-hybridized carbons (Fsp3) is 0.455. The molecule has 1 aromatic rings. The van der Waals surface area contributed by atoms with Crippen molar-refractivity contribution in [2.75, 3.05) is 0 Å². The standard InChI is InChI=1S/C11H13ClFNO/c1-11(2)5-9(14)6-3-7(12)8(13)4-10(6)15-11/h3-4,9H,5,14H2,1-2H3. The SMILES string of the molecule is CC1(C)CC(N)c2cc(Cl)c(F)cc2O1. The molecular formula is C11H13ClFNO. The quantitative estimate of drug-likeness (QED) is 0.742. The highest BCUT2D eigenvalue weighted by molar-refractivity contribution is 6.30. The summed E-state index contributed by atoms with van der Waals surface area (Å²) in [6, 6.07) is 2.70. The van der Waals surface area contributed by atoms with Gasteiger partial charge in [-0.25, -0.2) is 4.39 Å². The molecule has 2 nitrogen and oxygen atoms in total. The molecule has 0 aromatic heterocycles. The lowest BCUT2D eigenvalue weighted by atomic mass is 9.90. The van der Waals surface area contributed by atoms with Crippen LogP contribution in [-0.2, 0) is 0 Å². The van der Waals surface area contributed by atoms with Crippen LogP contribution in [0.2, 0.25) is 5.02 Å². The van der Waals surface area contributed by atoms with Crippen molar-refractivity contribution in [3.63, 3.8) is 0 Å². The average Bonchev–Trinajstić information content (AvgIpc) is 2.07. The van der Waals surface area contributed by atoms with Crippen molar-refractivity contribution in [1.82, 2.24) is 0 Å². The molecule has 0 amide bonds. The summed E-state index contributed by atoms with van der Waals surface area (Å²) in [5.41, 5.74) is 6.40. The summed E-state index contributed by atoms with van der Waals surface area (Å²) in [7, 11) is 0. The van der Waals surface area contributed by atoms with Gasteiger partial charge in [0.25, 0.3) is 0 Å². The van der Waals surface area contributed by atoms with Gasteiger partial charge in [-0.05, 0) is 19.9 Å². The minimum absolute atomic E-state index is 0.0903. The van der Waals surface area contributed by atoms with Gasteiger partial charge >= 0.3 is 0 Å². The Labute approximate surface area is 93.2 Å². The Bertz CT molecular complexity index is 406. The lowest BCUT2D eigenvalue weighted by Crippen LogP contribution is -2.37. The second kappa shape index (κ2) is 3.35. The molecule has 82 valence electrons. The Kier molecular flexibility index (Phi) is 2.40. The zero-order valence-corrected chi connectivity index (χ0v) is 9.44. The summed E-state index contributed by atoms with van der Waals surface area (Å²) < 4.78 is 18.9. The van der Waals surface area contributed by atoms with E-state index in [0.717, 1.165) is 5.56 Å². The second-order valence-corrected chi connectivity index (χ2v) is 4.88. The molecule has 0 radical (unpaired) electrons. The van der Waals surface area contributed by atoms with Gasteiger partial charge in [-0.2, -0.15) is 0 Å². The second-order valence-electron chi connectivity index (χ2n) is 4.48. The van der Waals surface area contributed by atoms with Crippen molar-refractivity contribution in [2.24, 2.45) is 5.73 Å². The highest BCUT2D eigenvalue weighted by atomic mass is 35.5. The van der Waals surface area contributed by atoms with E-state index >= 15 is 0 Å². The third-order valence-corrected chi connectivity index (χ3v) is 2.84. The summed E-state index contributed by atoms with van der Waals surface area (Å²) in [4.78, 5) is 0. The van der Waals surface area contributed by atoms with Gasteiger partial charge in [0.05, 0.1) is 5.02 Å². The monoisotopic (exact) mass is 229 g/mol. The first kappa shape index (κ1) is 10.7. The number of halogens is 2. The number of benzene rings is 1. The zero-order chi connectivity index (χ0) is 11.2. The Morgan fingerprint density at radius 2 is 2.20 bits per heavy atom. The van der Waals surface area contributed by atoms with Gasteiger partial charge in [0.2, 0.25) is 0 Å². The zero-order valence-electron chi connectivity index (χ0n) is 8.68. The van der Waals surface area contributed by atoms with Gasteiger partial charge < -0.3 is 10.5 Å². The third kappa shape index (κ3) is 1.94. The van der Waals surface area contributed by atoms with Crippen LogP contribution in [0.15, 0.2) is 12.1 Å². The first-order chi connectivity index (χ1) is 6.89. The van der Waals surface area contributed by atoms with Crippen LogP contribution < -0.4 is 10.5 Å². The van der Waals surface area contributed by atoms with Crippen molar-refractivity contribution in [3.8, 4) is 5.75 Å². The predicted octanol–water partition coefficient (Wildman–Crippen LogP) is 3.04. The molecule has 1 aliphatic rings. The highest BCUT2D eigenvalue weighted by Gasteiger charge is 2.32. The fourth-order valence-corrected chi connectivity index (χ4v) is 2.07. The molecule has 0 saturated heterocycles. The van der Waals surface area contributed by atoms with Crippen molar-refractivity contribution in [3.05, 3.63) is 28.5 Å². The molecule has 1 heterocycles. The smallest absolute Gasteiger partial charge is 0.145 e. The van der Waals surface area contributed by atoms with Gasteiger partial charge in [0.1, 0.15) is 17.2 Å². The molecule has 4 heteroatoms. The lowest BCUT2D eigenvalue weighted by molar-refractivity contribution is 0.0724. The molecule has 1 atom stereocenters. The third-order valence-electron chi connectivity index (χ3n) is 2.55. The van der Waals surface area contributed by atoms with Crippen molar-refractivity contribution in [2.45, 2.75) is 31.9 Å². The van der Waals surface area contributed by atoms with Crippen molar-refractivity contribution in [1.29, 1.82) is 0 Å². The molecule has 1 unspecified atom stereocenters. The Morgan fingerprint density at radius 3 is 2.87 bits per heavy atom. The Hall–Kier alpha value is -0.800. The predicted molar refractivity (Wildman–Crippen MR) is 57.7 cm³/mol. The van der Waals surface area contributed by atoms with E-state index in [1.54, 1.807) is 6.07 Å². The van der Waals surface area contributed by atoms with Gasteiger partial charge in [-0.1, -0.05) is 11.6 Å². The number of fused-ring (bicyclic) bond motifs is 1. The molecular weight excluding hydrogens is 217 g/mol. The van der Waals surface area contributed by atoms with Crippen molar-refractivity contribution >= 4 is 11.6 Å². The molecule has 2 N–H and O–H groups in total. The average molecular weight is 230 g/mol. The van der Waals surface area contributed by atoms with Crippen LogP contribution in [0.1, 0.15) is 31.9 Å². The van der Waals surface area contributed by atoms with Crippen LogP contribution in [-0.4, -0.2) is 5.60 Å². The van der Waals surface area contributed by atoms with E-state index in [2.05, 4.69) is 0 Å². The number of ether oxygens (including phenoxy) is 1. The maximum absolute atomic E-state index is 13.2.